The van der Waals surface area contributed by atoms with E-state index in [4.69, 9.17) is 0 Å². The van der Waals surface area contributed by atoms with Gasteiger partial charge in [0.05, 0.1) is 19.2 Å². The first-order valence-electron chi connectivity index (χ1n) is 6.31. The number of hydrogen-bond acceptors (Lipinski definition) is 4. The molecule has 112 valence electrons. The van der Waals surface area contributed by atoms with Gasteiger partial charge in [0.15, 0.2) is 0 Å². The van der Waals surface area contributed by atoms with Gasteiger partial charge in [-0.1, -0.05) is 6.07 Å². The fourth-order valence-corrected chi connectivity index (χ4v) is 2.06. The van der Waals surface area contributed by atoms with Crippen LogP contribution in [0.3, 0.4) is 0 Å². The summed E-state index contributed by atoms with van der Waals surface area (Å²) in [6.45, 7) is 0.105. The molecule has 1 aromatic rings. The molecular weight excluding hydrogens is 279 g/mol. The Balaban J connectivity index is 2.13. The number of esters is 1. The summed E-state index contributed by atoms with van der Waals surface area (Å²) in [4.78, 5) is 37.4. The van der Waals surface area contributed by atoms with E-state index in [9.17, 15) is 18.8 Å². The molecular formula is C14H15FN2O4. The highest BCUT2D eigenvalue weighted by Crippen LogP contribution is 2.15. The lowest BCUT2D eigenvalue weighted by Crippen LogP contribution is -2.51. The maximum Gasteiger partial charge on any atom is 0.340 e. The predicted octanol–water partition coefficient (Wildman–Crippen LogP) is 0.413. The van der Waals surface area contributed by atoms with E-state index in [-0.39, 0.29) is 37.0 Å². The number of piperazine rings is 1. The summed E-state index contributed by atoms with van der Waals surface area (Å²) >= 11 is 0. The van der Waals surface area contributed by atoms with Gasteiger partial charge in [0.25, 0.3) is 0 Å². The molecule has 0 unspecified atom stereocenters. The zero-order valence-corrected chi connectivity index (χ0v) is 11.8. The Morgan fingerprint density at radius 1 is 1.29 bits per heavy atom. The molecule has 0 N–H and O–H groups in total. The number of nitrogens with zero attached hydrogens (tertiary/aromatic N) is 2. The second-order valence-corrected chi connectivity index (χ2v) is 4.81. The van der Waals surface area contributed by atoms with Crippen LogP contribution in [0.2, 0.25) is 0 Å². The van der Waals surface area contributed by atoms with Crippen LogP contribution in [-0.2, 0) is 20.9 Å². The molecule has 1 heterocycles. The number of likely N-dealkylation sites (N-methyl/N-ethyl adjacent to an activating group) is 1. The van der Waals surface area contributed by atoms with Crippen molar-refractivity contribution >= 4 is 17.8 Å². The van der Waals surface area contributed by atoms with E-state index in [1.807, 2.05) is 0 Å². The van der Waals surface area contributed by atoms with Crippen molar-refractivity contribution in [2.24, 2.45) is 0 Å². The van der Waals surface area contributed by atoms with Gasteiger partial charge in [-0.2, -0.15) is 0 Å². The molecule has 0 aliphatic carbocycles. The van der Waals surface area contributed by atoms with E-state index >= 15 is 0 Å². The lowest BCUT2D eigenvalue weighted by molar-refractivity contribution is -0.149. The quantitative estimate of drug-likeness (QED) is 0.757. The molecule has 6 nitrogen and oxygen atoms in total. The Bertz CT molecular complexity index is 603. The number of rotatable bonds is 3. The van der Waals surface area contributed by atoms with Crippen LogP contribution in [0, 0.1) is 5.82 Å². The van der Waals surface area contributed by atoms with Gasteiger partial charge in [-0.3, -0.25) is 9.59 Å². The van der Waals surface area contributed by atoms with Gasteiger partial charge in [-0.25, -0.2) is 9.18 Å². The van der Waals surface area contributed by atoms with Gasteiger partial charge in [-0.05, 0) is 17.7 Å². The van der Waals surface area contributed by atoms with Crippen LogP contribution < -0.4 is 0 Å². The molecule has 0 aromatic heterocycles. The largest absolute Gasteiger partial charge is 0.465 e. The Kier molecular flexibility index (Phi) is 4.21. The summed E-state index contributed by atoms with van der Waals surface area (Å²) < 4.78 is 18.3. The molecule has 0 radical (unpaired) electrons. The third-order valence-electron chi connectivity index (χ3n) is 3.29. The number of ether oxygens (including phenoxy) is 1. The molecule has 7 heteroatoms. The third kappa shape index (κ3) is 3.18. The molecule has 2 rings (SSSR count). The smallest absolute Gasteiger partial charge is 0.340 e. The SMILES string of the molecule is COC(=O)c1ccc(CN2CC(=O)N(C)CC2=O)cc1F. The minimum atomic E-state index is -0.759. The minimum absolute atomic E-state index is 0.0154. The van der Waals surface area contributed by atoms with Crippen molar-refractivity contribution in [2.75, 3.05) is 27.2 Å². The van der Waals surface area contributed by atoms with Crippen molar-refractivity contribution in [1.29, 1.82) is 0 Å². The molecule has 1 fully saturated rings. The summed E-state index contributed by atoms with van der Waals surface area (Å²) in [5.41, 5.74) is 0.341. The lowest BCUT2D eigenvalue weighted by atomic mass is 10.1. The van der Waals surface area contributed by atoms with E-state index in [2.05, 4.69) is 4.74 Å². The third-order valence-corrected chi connectivity index (χ3v) is 3.29. The molecule has 0 saturated carbocycles. The van der Waals surface area contributed by atoms with Crippen LogP contribution in [0.1, 0.15) is 15.9 Å². The standard InChI is InChI=1S/C14H15FN2O4/c1-16-7-13(19)17(8-12(16)18)6-9-3-4-10(11(15)5-9)14(20)21-2/h3-5H,6-8H2,1-2H3. The number of methoxy groups -OCH3 is 1. The van der Waals surface area contributed by atoms with Crippen LogP contribution in [-0.4, -0.2) is 54.8 Å². The van der Waals surface area contributed by atoms with Gasteiger partial charge in [-0.15, -0.1) is 0 Å². The normalized spacial score (nSPS) is 15.4. The summed E-state index contributed by atoms with van der Waals surface area (Å²) in [6.07, 6.45) is 0. The van der Waals surface area contributed by atoms with E-state index < -0.39 is 11.8 Å². The molecule has 0 atom stereocenters. The van der Waals surface area contributed by atoms with Crippen LogP contribution in [0.5, 0.6) is 0 Å². The number of benzene rings is 1. The Hall–Kier alpha value is -2.44. The van der Waals surface area contributed by atoms with Crippen LogP contribution in [0.25, 0.3) is 0 Å². The van der Waals surface area contributed by atoms with Gasteiger partial charge in [0, 0.05) is 13.6 Å². The second-order valence-electron chi connectivity index (χ2n) is 4.81. The molecule has 2 amide bonds. The average Bonchev–Trinajstić information content (AvgIpc) is 2.44. The number of carbonyl (C=O) groups excluding carboxylic acids is 3. The molecule has 1 saturated heterocycles. The maximum absolute atomic E-state index is 13.8. The number of hydrogen-bond donors (Lipinski definition) is 0. The second kappa shape index (κ2) is 5.90. The van der Waals surface area contributed by atoms with Gasteiger partial charge in [0.1, 0.15) is 12.4 Å². The Morgan fingerprint density at radius 3 is 2.62 bits per heavy atom. The van der Waals surface area contributed by atoms with Crippen molar-refractivity contribution in [3.63, 3.8) is 0 Å². The first kappa shape index (κ1) is 15.0. The van der Waals surface area contributed by atoms with Gasteiger partial charge < -0.3 is 14.5 Å². The molecule has 0 spiro atoms. The number of halogens is 1. The Labute approximate surface area is 121 Å². The first-order chi connectivity index (χ1) is 9.92. The topological polar surface area (TPSA) is 66.9 Å². The lowest BCUT2D eigenvalue weighted by Gasteiger charge is -2.31. The van der Waals surface area contributed by atoms with Crippen LogP contribution >= 0.6 is 0 Å². The van der Waals surface area contributed by atoms with Crippen molar-refractivity contribution in [3.05, 3.63) is 35.1 Å². The van der Waals surface area contributed by atoms with Gasteiger partial charge >= 0.3 is 5.97 Å². The molecule has 1 aliphatic heterocycles. The minimum Gasteiger partial charge on any atom is -0.465 e. The highest BCUT2D eigenvalue weighted by atomic mass is 19.1. The fraction of sp³-hybridized carbons (Fsp3) is 0.357. The van der Waals surface area contributed by atoms with Crippen molar-refractivity contribution in [2.45, 2.75) is 6.54 Å². The van der Waals surface area contributed by atoms with E-state index in [1.165, 1.54) is 35.1 Å². The predicted molar refractivity (Wildman–Crippen MR) is 70.8 cm³/mol. The molecule has 1 aromatic carbocycles. The van der Waals surface area contributed by atoms with Crippen LogP contribution in [0.4, 0.5) is 4.39 Å². The summed E-state index contributed by atoms with van der Waals surface area (Å²) in [6, 6.07) is 4.01. The monoisotopic (exact) mass is 294 g/mol. The zero-order chi connectivity index (χ0) is 15.6. The maximum atomic E-state index is 13.8. The number of carbonyl (C=O) groups is 3. The van der Waals surface area contributed by atoms with E-state index in [0.717, 1.165) is 0 Å². The summed E-state index contributed by atoms with van der Waals surface area (Å²) in [7, 11) is 2.73. The van der Waals surface area contributed by atoms with E-state index in [1.54, 1.807) is 7.05 Å². The molecule has 1 aliphatic rings. The van der Waals surface area contributed by atoms with Crippen molar-refractivity contribution < 1.29 is 23.5 Å². The Morgan fingerprint density at radius 2 is 2.00 bits per heavy atom. The summed E-state index contributed by atoms with van der Waals surface area (Å²) in [5.74, 6) is -1.84. The average molecular weight is 294 g/mol. The van der Waals surface area contributed by atoms with Crippen molar-refractivity contribution in [1.82, 2.24) is 9.80 Å². The molecule has 21 heavy (non-hydrogen) atoms. The summed E-state index contributed by atoms with van der Waals surface area (Å²) in [5, 5.41) is 0. The highest BCUT2D eigenvalue weighted by Gasteiger charge is 2.27. The van der Waals surface area contributed by atoms with E-state index in [0.29, 0.717) is 5.56 Å². The fourth-order valence-electron chi connectivity index (χ4n) is 2.06. The highest BCUT2D eigenvalue weighted by molar-refractivity contribution is 5.92. The number of amides is 2. The zero-order valence-electron chi connectivity index (χ0n) is 11.8. The van der Waals surface area contributed by atoms with Gasteiger partial charge in [0.2, 0.25) is 11.8 Å². The molecule has 0 bridgehead atoms. The van der Waals surface area contributed by atoms with Crippen molar-refractivity contribution in [3.8, 4) is 0 Å². The van der Waals surface area contributed by atoms with Crippen LogP contribution in [0.15, 0.2) is 18.2 Å². The first-order valence-corrected chi connectivity index (χ1v) is 6.31.